The highest BCUT2D eigenvalue weighted by Gasteiger charge is 2.37. The van der Waals surface area contributed by atoms with Gasteiger partial charge in [0.1, 0.15) is 5.60 Å². The van der Waals surface area contributed by atoms with Gasteiger partial charge in [0.25, 0.3) is 0 Å². The van der Waals surface area contributed by atoms with Gasteiger partial charge in [-0.25, -0.2) is 4.79 Å². The van der Waals surface area contributed by atoms with Gasteiger partial charge in [-0.15, -0.1) is 0 Å². The summed E-state index contributed by atoms with van der Waals surface area (Å²) in [5, 5.41) is 20.2. The van der Waals surface area contributed by atoms with E-state index in [9.17, 15) is 15.0 Å². The summed E-state index contributed by atoms with van der Waals surface area (Å²) in [6.45, 7) is 8.13. The Bertz CT molecular complexity index is 579. The lowest BCUT2D eigenvalue weighted by molar-refractivity contribution is 0.00472. The number of hydrogen-bond acceptors (Lipinski definition) is 4. The van der Waals surface area contributed by atoms with E-state index in [0.717, 1.165) is 29.5 Å². The van der Waals surface area contributed by atoms with E-state index in [1.807, 2.05) is 45.9 Å². The Labute approximate surface area is 144 Å². The van der Waals surface area contributed by atoms with Crippen LogP contribution in [0.25, 0.3) is 0 Å². The number of rotatable bonds is 4. The van der Waals surface area contributed by atoms with Crippen molar-refractivity contribution in [1.29, 1.82) is 0 Å². The zero-order valence-electron chi connectivity index (χ0n) is 15.1. The van der Waals surface area contributed by atoms with Gasteiger partial charge < -0.3 is 19.8 Å². The largest absolute Gasteiger partial charge is 0.444 e. The topological polar surface area (TPSA) is 70.0 Å². The standard InChI is InChI=1S/C19H29NO4/c1-13-7-8-15(14(12-13)9-11-21)17(22)16-6-5-10-20(16)18(23)24-19(2,3)4/h7-8,12,16-17,21-22H,5-6,9-11H2,1-4H3/t16-,17?/m0/s1. The van der Waals surface area contributed by atoms with E-state index in [0.29, 0.717) is 13.0 Å². The molecule has 24 heavy (non-hydrogen) atoms. The van der Waals surface area contributed by atoms with Gasteiger partial charge in [0, 0.05) is 13.2 Å². The second-order valence-corrected chi connectivity index (χ2v) is 7.50. The molecule has 2 atom stereocenters. The molecule has 2 rings (SSSR count). The Morgan fingerprint density at radius 2 is 2.12 bits per heavy atom. The van der Waals surface area contributed by atoms with Crippen molar-refractivity contribution in [3.8, 4) is 0 Å². The number of aryl methyl sites for hydroxylation is 1. The molecule has 1 amide bonds. The number of amides is 1. The van der Waals surface area contributed by atoms with Crippen molar-refractivity contribution in [2.24, 2.45) is 0 Å². The van der Waals surface area contributed by atoms with Crippen LogP contribution in [0.3, 0.4) is 0 Å². The van der Waals surface area contributed by atoms with Crippen LogP contribution in [0.4, 0.5) is 4.79 Å². The van der Waals surface area contributed by atoms with E-state index < -0.39 is 11.7 Å². The average molecular weight is 335 g/mol. The number of aliphatic hydroxyl groups excluding tert-OH is 2. The van der Waals surface area contributed by atoms with Gasteiger partial charge >= 0.3 is 6.09 Å². The van der Waals surface area contributed by atoms with Gasteiger partial charge in [0.2, 0.25) is 0 Å². The fourth-order valence-corrected chi connectivity index (χ4v) is 3.24. The first-order chi connectivity index (χ1) is 11.2. The van der Waals surface area contributed by atoms with Crippen molar-refractivity contribution in [1.82, 2.24) is 4.90 Å². The van der Waals surface area contributed by atoms with Crippen molar-refractivity contribution in [3.05, 3.63) is 34.9 Å². The van der Waals surface area contributed by atoms with E-state index in [4.69, 9.17) is 4.74 Å². The number of aliphatic hydroxyl groups is 2. The lowest BCUT2D eigenvalue weighted by atomic mass is 9.93. The molecule has 5 nitrogen and oxygen atoms in total. The summed E-state index contributed by atoms with van der Waals surface area (Å²) in [4.78, 5) is 14.1. The zero-order chi connectivity index (χ0) is 17.9. The summed E-state index contributed by atoms with van der Waals surface area (Å²) in [6.07, 6.45) is 0.935. The lowest BCUT2D eigenvalue weighted by Gasteiger charge is -2.32. The molecule has 1 saturated heterocycles. The SMILES string of the molecule is Cc1ccc(C(O)[C@@H]2CCCN2C(=O)OC(C)(C)C)c(CCO)c1. The summed E-state index contributed by atoms with van der Waals surface area (Å²) < 4.78 is 5.47. The number of likely N-dealkylation sites (tertiary alicyclic amines) is 1. The Hall–Kier alpha value is -1.59. The summed E-state index contributed by atoms with van der Waals surface area (Å²) in [5.41, 5.74) is 2.25. The quantitative estimate of drug-likeness (QED) is 0.887. The van der Waals surface area contributed by atoms with E-state index >= 15 is 0 Å². The first-order valence-electron chi connectivity index (χ1n) is 8.61. The second-order valence-electron chi connectivity index (χ2n) is 7.50. The molecular weight excluding hydrogens is 306 g/mol. The third kappa shape index (κ3) is 4.48. The van der Waals surface area contributed by atoms with Crippen molar-refractivity contribution in [3.63, 3.8) is 0 Å². The molecule has 0 bridgehead atoms. The number of ether oxygens (including phenoxy) is 1. The van der Waals surface area contributed by atoms with Gasteiger partial charge in [-0.2, -0.15) is 0 Å². The predicted molar refractivity (Wildman–Crippen MR) is 92.9 cm³/mol. The highest BCUT2D eigenvalue weighted by molar-refractivity contribution is 5.69. The van der Waals surface area contributed by atoms with Gasteiger partial charge in [0.15, 0.2) is 0 Å². The Morgan fingerprint density at radius 3 is 2.75 bits per heavy atom. The maximum absolute atomic E-state index is 12.4. The van der Waals surface area contributed by atoms with Crippen molar-refractivity contribution in [2.75, 3.05) is 13.2 Å². The lowest BCUT2D eigenvalue weighted by Crippen LogP contribution is -2.42. The molecule has 1 aliphatic heterocycles. The summed E-state index contributed by atoms with van der Waals surface area (Å²) in [6, 6.07) is 5.55. The van der Waals surface area contributed by atoms with E-state index in [1.54, 1.807) is 4.90 Å². The third-order valence-corrected chi connectivity index (χ3v) is 4.29. The normalized spacial score (nSPS) is 19.4. The molecule has 1 aromatic rings. The van der Waals surface area contributed by atoms with Crippen LogP contribution in [-0.2, 0) is 11.2 Å². The highest BCUT2D eigenvalue weighted by atomic mass is 16.6. The molecule has 0 radical (unpaired) electrons. The van der Waals surface area contributed by atoms with Crippen LogP contribution >= 0.6 is 0 Å². The average Bonchev–Trinajstić information content (AvgIpc) is 2.95. The first kappa shape index (κ1) is 18.7. The van der Waals surface area contributed by atoms with E-state index in [2.05, 4.69) is 0 Å². The van der Waals surface area contributed by atoms with Gasteiger partial charge in [0.05, 0.1) is 12.1 Å². The molecule has 0 saturated carbocycles. The monoisotopic (exact) mass is 335 g/mol. The van der Waals surface area contributed by atoms with Crippen LogP contribution in [0.5, 0.6) is 0 Å². The number of hydrogen-bond donors (Lipinski definition) is 2. The fraction of sp³-hybridized carbons (Fsp3) is 0.632. The van der Waals surface area contributed by atoms with Crippen LogP contribution < -0.4 is 0 Å². The van der Waals surface area contributed by atoms with Crippen molar-refractivity contribution < 1.29 is 19.7 Å². The molecular formula is C19H29NO4. The molecule has 1 fully saturated rings. The molecule has 0 aromatic heterocycles. The second kappa shape index (κ2) is 7.53. The van der Waals surface area contributed by atoms with E-state index in [1.165, 1.54) is 0 Å². The summed E-state index contributed by atoms with van der Waals surface area (Å²) in [7, 11) is 0. The smallest absolute Gasteiger partial charge is 0.410 e. The van der Waals surface area contributed by atoms with E-state index in [-0.39, 0.29) is 18.7 Å². The molecule has 1 aliphatic rings. The molecule has 134 valence electrons. The number of carbonyl (C=O) groups excluding carboxylic acids is 1. The van der Waals surface area contributed by atoms with Gasteiger partial charge in [-0.1, -0.05) is 23.8 Å². The molecule has 1 aromatic carbocycles. The van der Waals surface area contributed by atoms with Crippen LogP contribution in [-0.4, -0.2) is 46.0 Å². The molecule has 1 unspecified atom stereocenters. The summed E-state index contributed by atoms with van der Waals surface area (Å²) in [5.74, 6) is 0. The van der Waals surface area contributed by atoms with Crippen LogP contribution in [0.1, 0.15) is 56.4 Å². The Kier molecular flexibility index (Phi) is 5.88. The van der Waals surface area contributed by atoms with Crippen molar-refractivity contribution >= 4 is 6.09 Å². The predicted octanol–water partition coefficient (Wildman–Crippen LogP) is 2.96. The van der Waals surface area contributed by atoms with Crippen LogP contribution in [0, 0.1) is 6.92 Å². The third-order valence-electron chi connectivity index (χ3n) is 4.29. The maximum Gasteiger partial charge on any atom is 0.410 e. The first-order valence-corrected chi connectivity index (χ1v) is 8.61. The van der Waals surface area contributed by atoms with Gasteiger partial charge in [-0.05, 0) is 58.1 Å². The molecule has 5 heteroatoms. The number of nitrogens with zero attached hydrogens (tertiary/aromatic N) is 1. The van der Waals surface area contributed by atoms with Crippen LogP contribution in [0.15, 0.2) is 18.2 Å². The minimum atomic E-state index is -0.776. The zero-order valence-corrected chi connectivity index (χ0v) is 15.1. The van der Waals surface area contributed by atoms with Crippen LogP contribution in [0.2, 0.25) is 0 Å². The number of benzene rings is 1. The number of carbonyl (C=O) groups is 1. The van der Waals surface area contributed by atoms with Gasteiger partial charge in [-0.3, -0.25) is 0 Å². The molecule has 0 spiro atoms. The minimum absolute atomic E-state index is 0.0314. The minimum Gasteiger partial charge on any atom is -0.444 e. The summed E-state index contributed by atoms with van der Waals surface area (Å²) >= 11 is 0. The van der Waals surface area contributed by atoms with Crippen molar-refractivity contribution in [2.45, 2.75) is 64.7 Å². The molecule has 0 aliphatic carbocycles. The maximum atomic E-state index is 12.4. The highest BCUT2D eigenvalue weighted by Crippen LogP contribution is 2.32. The molecule has 2 N–H and O–H groups in total. The Balaban J connectivity index is 2.22. The Morgan fingerprint density at radius 1 is 1.42 bits per heavy atom. The fourth-order valence-electron chi connectivity index (χ4n) is 3.24. The molecule has 1 heterocycles.